The molecule has 3 heterocycles. The van der Waals surface area contributed by atoms with Gasteiger partial charge in [0, 0.05) is 17.5 Å². The minimum absolute atomic E-state index is 0.268. The van der Waals surface area contributed by atoms with E-state index in [9.17, 15) is 15.2 Å². The summed E-state index contributed by atoms with van der Waals surface area (Å²) in [6.45, 7) is 1.80. The van der Waals surface area contributed by atoms with E-state index in [4.69, 9.17) is 0 Å². The highest BCUT2D eigenvalue weighted by Gasteiger charge is 2.30. The predicted molar refractivity (Wildman–Crippen MR) is 110 cm³/mol. The molecule has 8 heteroatoms. The topological polar surface area (TPSA) is 123 Å². The fourth-order valence-electron chi connectivity index (χ4n) is 3.71. The number of benzene rings is 2. The third kappa shape index (κ3) is 2.56. The summed E-state index contributed by atoms with van der Waals surface area (Å²) in [5.41, 5.74) is 4.98. The van der Waals surface area contributed by atoms with Crippen LogP contribution in [0.1, 0.15) is 19.0 Å². The van der Waals surface area contributed by atoms with E-state index in [1.54, 1.807) is 29.8 Å². The van der Waals surface area contributed by atoms with Gasteiger partial charge >= 0.3 is 5.69 Å². The highest BCUT2D eigenvalue weighted by Crippen LogP contribution is 2.38. The van der Waals surface area contributed by atoms with Crippen LogP contribution in [0.2, 0.25) is 0 Å². The number of H-pyrrole nitrogens is 2. The van der Waals surface area contributed by atoms with E-state index in [0.29, 0.717) is 33.6 Å². The largest absolute Gasteiger partial charge is 0.369 e. The Balaban J connectivity index is 1.60. The standard InChI is InChI=1S/C21H16N6O2/c1-11-13(9-22)19-24-16-4-2-3-5-18(16)27(19)20(28)14(11)10-23-12-6-7-15-17(8-12)26-21(29)25-15/h2-8,10,20,23,28H,1H3,(H2,25,26,29)/t20-/m0/s1. The summed E-state index contributed by atoms with van der Waals surface area (Å²) in [5, 5.41) is 23.9. The highest BCUT2D eigenvalue weighted by atomic mass is 16.3. The normalized spacial score (nSPS) is 17.7. The Kier molecular flexibility index (Phi) is 3.66. The number of aliphatic hydroxyl groups is 1. The lowest BCUT2D eigenvalue weighted by atomic mass is 9.97. The SMILES string of the molecule is CC1=C(C#N)c2nc3ccccc3n2[C@@H](O)C1=CNc1ccc2[nH]c(=O)[nH]c2c1. The van der Waals surface area contributed by atoms with Gasteiger partial charge in [-0.25, -0.2) is 9.78 Å². The Morgan fingerprint density at radius 2 is 2.03 bits per heavy atom. The van der Waals surface area contributed by atoms with Crippen molar-refractivity contribution < 1.29 is 5.11 Å². The number of aromatic nitrogens is 4. The second kappa shape index (κ2) is 6.22. The van der Waals surface area contributed by atoms with Gasteiger partial charge < -0.3 is 20.4 Å². The molecule has 142 valence electrons. The lowest BCUT2D eigenvalue weighted by Crippen LogP contribution is -2.20. The van der Waals surface area contributed by atoms with Crippen LogP contribution in [0.3, 0.4) is 0 Å². The second-order valence-electron chi connectivity index (χ2n) is 6.86. The van der Waals surface area contributed by atoms with Crippen LogP contribution in [0.25, 0.3) is 27.6 Å². The smallest absolute Gasteiger partial charge is 0.323 e. The molecule has 4 aromatic rings. The van der Waals surface area contributed by atoms with Gasteiger partial charge in [-0.15, -0.1) is 0 Å². The number of allylic oxidation sites excluding steroid dienone is 1. The maximum atomic E-state index is 11.4. The number of hydrogen-bond donors (Lipinski definition) is 4. The molecular weight excluding hydrogens is 368 g/mol. The van der Waals surface area contributed by atoms with Crippen molar-refractivity contribution >= 4 is 33.3 Å². The van der Waals surface area contributed by atoms with Crippen LogP contribution in [-0.4, -0.2) is 24.6 Å². The molecule has 0 radical (unpaired) electrons. The number of nitrogens with one attached hydrogen (secondary N) is 3. The first-order valence-electron chi connectivity index (χ1n) is 9.02. The molecule has 0 spiro atoms. The Hall–Kier alpha value is -4.09. The fourth-order valence-corrected chi connectivity index (χ4v) is 3.71. The zero-order chi connectivity index (χ0) is 20.1. The summed E-state index contributed by atoms with van der Waals surface area (Å²) in [7, 11) is 0. The van der Waals surface area contributed by atoms with Gasteiger partial charge in [-0.2, -0.15) is 5.26 Å². The molecule has 0 saturated carbocycles. The van der Waals surface area contributed by atoms with E-state index in [0.717, 1.165) is 16.7 Å². The van der Waals surface area contributed by atoms with Gasteiger partial charge in [0.15, 0.2) is 12.1 Å². The molecule has 1 aliphatic rings. The summed E-state index contributed by atoms with van der Waals surface area (Å²) in [5.74, 6) is 0.460. The number of para-hydroxylation sites is 2. The number of rotatable bonds is 2. The number of nitriles is 1. The van der Waals surface area contributed by atoms with Gasteiger partial charge in [0.1, 0.15) is 6.07 Å². The van der Waals surface area contributed by atoms with Crippen molar-refractivity contribution in [1.82, 2.24) is 19.5 Å². The Bertz CT molecular complexity index is 1440. The minimum Gasteiger partial charge on any atom is -0.369 e. The van der Waals surface area contributed by atoms with Gasteiger partial charge in [0.2, 0.25) is 0 Å². The molecule has 0 amide bonds. The molecule has 0 saturated heterocycles. The Labute approximate surface area is 164 Å². The minimum atomic E-state index is -0.988. The molecule has 5 rings (SSSR count). The van der Waals surface area contributed by atoms with Crippen molar-refractivity contribution in [3.8, 4) is 6.07 Å². The van der Waals surface area contributed by atoms with Crippen molar-refractivity contribution in [1.29, 1.82) is 5.26 Å². The van der Waals surface area contributed by atoms with Crippen molar-refractivity contribution in [2.45, 2.75) is 13.2 Å². The number of fused-ring (bicyclic) bond motifs is 4. The molecule has 4 N–H and O–H groups in total. The van der Waals surface area contributed by atoms with Gasteiger partial charge in [-0.1, -0.05) is 12.1 Å². The molecule has 0 aliphatic carbocycles. The molecule has 0 fully saturated rings. The summed E-state index contributed by atoms with van der Waals surface area (Å²) in [6, 6.07) is 15.1. The maximum Gasteiger partial charge on any atom is 0.323 e. The maximum absolute atomic E-state index is 11.4. The van der Waals surface area contributed by atoms with E-state index in [2.05, 4.69) is 26.3 Å². The van der Waals surface area contributed by atoms with Crippen molar-refractivity contribution in [2.75, 3.05) is 5.32 Å². The molecule has 8 nitrogen and oxygen atoms in total. The highest BCUT2D eigenvalue weighted by molar-refractivity contribution is 5.88. The van der Waals surface area contributed by atoms with Gasteiger partial charge in [-0.05, 0) is 42.8 Å². The lowest BCUT2D eigenvalue weighted by molar-refractivity contribution is 0.145. The summed E-state index contributed by atoms with van der Waals surface area (Å²) < 4.78 is 1.67. The number of nitrogens with zero attached hydrogens (tertiary/aromatic N) is 3. The van der Waals surface area contributed by atoms with Gasteiger partial charge in [-0.3, -0.25) is 4.57 Å². The van der Waals surface area contributed by atoms with Crippen LogP contribution in [0.15, 0.2) is 64.6 Å². The molecule has 2 aromatic heterocycles. The van der Waals surface area contributed by atoms with E-state index in [1.807, 2.05) is 30.3 Å². The predicted octanol–water partition coefficient (Wildman–Crippen LogP) is 3.00. The fraction of sp³-hybridized carbons (Fsp3) is 0.0952. The van der Waals surface area contributed by atoms with E-state index < -0.39 is 6.23 Å². The van der Waals surface area contributed by atoms with Gasteiger partial charge in [0.05, 0.1) is 27.6 Å². The molecule has 0 unspecified atom stereocenters. The number of aromatic amines is 2. The van der Waals surface area contributed by atoms with Crippen molar-refractivity contribution in [3.05, 3.63) is 76.1 Å². The molecule has 29 heavy (non-hydrogen) atoms. The van der Waals surface area contributed by atoms with Crippen molar-refractivity contribution in [2.24, 2.45) is 0 Å². The third-order valence-electron chi connectivity index (χ3n) is 5.17. The zero-order valence-electron chi connectivity index (χ0n) is 15.4. The van der Waals surface area contributed by atoms with Crippen LogP contribution in [0, 0.1) is 11.3 Å². The third-order valence-corrected chi connectivity index (χ3v) is 5.17. The first-order valence-corrected chi connectivity index (χ1v) is 9.02. The monoisotopic (exact) mass is 384 g/mol. The van der Waals surface area contributed by atoms with Crippen LogP contribution >= 0.6 is 0 Å². The first kappa shape index (κ1) is 17.0. The van der Waals surface area contributed by atoms with Crippen LogP contribution < -0.4 is 11.0 Å². The molecular formula is C21H16N6O2. The van der Waals surface area contributed by atoms with E-state index in [-0.39, 0.29) is 5.69 Å². The number of anilines is 1. The summed E-state index contributed by atoms with van der Waals surface area (Å²) in [6.07, 6.45) is 0.693. The Morgan fingerprint density at radius 3 is 2.86 bits per heavy atom. The van der Waals surface area contributed by atoms with Crippen LogP contribution in [0.4, 0.5) is 5.69 Å². The van der Waals surface area contributed by atoms with Gasteiger partial charge in [0.25, 0.3) is 0 Å². The molecule has 0 bridgehead atoms. The average molecular weight is 384 g/mol. The van der Waals surface area contributed by atoms with Crippen LogP contribution in [0.5, 0.6) is 0 Å². The second-order valence-corrected chi connectivity index (χ2v) is 6.86. The van der Waals surface area contributed by atoms with Crippen molar-refractivity contribution in [3.63, 3.8) is 0 Å². The number of imidazole rings is 2. The number of aliphatic hydroxyl groups excluding tert-OH is 1. The van der Waals surface area contributed by atoms with Crippen LogP contribution in [-0.2, 0) is 0 Å². The molecule has 1 aliphatic heterocycles. The first-order chi connectivity index (χ1) is 14.1. The van der Waals surface area contributed by atoms with E-state index >= 15 is 0 Å². The Morgan fingerprint density at radius 1 is 1.24 bits per heavy atom. The molecule has 1 atom stereocenters. The molecule has 2 aromatic carbocycles. The average Bonchev–Trinajstić information content (AvgIpc) is 3.27. The quantitative estimate of drug-likeness (QED) is 0.423. The lowest BCUT2D eigenvalue weighted by Gasteiger charge is -2.25. The summed E-state index contributed by atoms with van der Waals surface area (Å²) >= 11 is 0. The van der Waals surface area contributed by atoms with E-state index in [1.165, 1.54) is 0 Å². The zero-order valence-corrected chi connectivity index (χ0v) is 15.4. The number of hydrogen-bond acceptors (Lipinski definition) is 5. The summed E-state index contributed by atoms with van der Waals surface area (Å²) in [4.78, 5) is 21.4.